The van der Waals surface area contributed by atoms with Gasteiger partial charge in [-0.15, -0.1) is 0 Å². The Morgan fingerprint density at radius 2 is 1.97 bits per heavy atom. The number of fused-ring (bicyclic) bond motifs is 4. The Kier molecular flexibility index (Phi) is 4.43. The van der Waals surface area contributed by atoms with Gasteiger partial charge < -0.3 is 15.7 Å². The van der Waals surface area contributed by atoms with Crippen LogP contribution in [0.3, 0.4) is 0 Å². The van der Waals surface area contributed by atoms with Crippen LogP contribution in [0, 0.1) is 6.92 Å². The number of aliphatic hydroxyl groups excluding tert-OH is 1. The Morgan fingerprint density at radius 3 is 2.69 bits per heavy atom. The fourth-order valence-electron chi connectivity index (χ4n) is 5.60. The molecule has 9 nitrogen and oxygen atoms in total. The highest BCUT2D eigenvalue weighted by molar-refractivity contribution is 6.35. The number of aliphatic hydroxyl groups is 1. The Hall–Kier alpha value is -2.75. The first-order chi connectivity index (χ1) is 15.5. The van der Waals surface area contributed by atoms with Crippen LogP contribution in [-0.2, 0) is 13.7 Å². The quantitative estimate of drug-likeness (QED) is 0.437. The molecule has 3 aromatic heterocycles. The van der Waals surface area contributed by atoms with Gasteiger partial charge in [-0.25, -0.2) is 9.97 Å². The van der Waals surface area contributed by atoms with Crippen LogP contribution in [0.2, 0.25) is 5.15 Å². The number of nitrogens with one attached hydrogen (secondary N) is 1. The molecule has 2 saturated heterocycles. The molecule has 166 valence electrons. The van der Waals surface area contributed by atoms with Crippen molar-refractivity contribution in [3.05, 3.63) is 28.5 Å². The number of rotatable bonds is 3. The van der Waals surface area contributed by atoms with Gasteiger partial charge in [0, 0.05) is 36.1 Å². The van der Waals surface area contributed by atoms with Crippen LogP contribution in [0.15, 0.2) is 12.1 Å². The largest absolute Gasteiger partial charge is 0.390 e. The SMILES string of the molecule is Cc1c(-c2n[nH]c3nc(N4[C@@H]5CC[C@H]4C[C@@H](N)C5)c(CO)nc23)ccc2nn(C)c(Cl)c12. The number of nitrogens with zero attached hydrogens (tertiary/aromatic N) is 6. The number of aromatic amines is 1. The summed E-state index contributed by atoms with van der Waals surface area (Å²) in [5.74, 6) is 0.747. The maximum absolute atomic E-state index is 10.2. The molecule has 0 aliphatic carbocycles. The molecule has 3 atom stereocenters. The number of H-pyrrole nitrogens is 1. The smallest absolute Gasteiger partial charge is 0.177 e. The Bertz CT molecular complexity index is 1350. The summed E-state index contributed by atoms with van der Waals surface area (Å²) in [5, 5.41) is 23.7. The lowest BCUT2D eigenvalue weighted by Gasteiger charge is -2.39. The summed E-state index contributed by atoms with van der Waals surface area (Å²) in [5.41, 5.74) is 11.5. The van der Waals surface area contributed by atoms with Gasteiger partial charge in [-0.05, 0) is 44.2 Å². The van der Waals surface area contributed by atoms with Crippen LogP contribution >= 0.6 is 11.6 Å². The van der Waals surface area contributed by atoms with Gasteiger partial charge in [0.05, 0.1) is 12.1 Å². The highest BCUT2D eigenvalue weighted by Crippen LogP contribution is 2.40. The van der Waals surface area contributed by atoms with E-state index in [1.807, 2.05) is 26.1 Å². The standard InChI is InChI=1S/C22H25ClN8O/c1-10-14(5-6-15-17(10)20(23)30(2)29-15)18-19-21(28-27-18)26-22(16(9-32)25-19)31-12-3-4-13(31)8-11(24)7-12/h5-6,11-13,32H,3-4,7-9,24H2,1-2H3,(H,26,27,28)/t11-,12+,13-. The molecule has 4 aromatic rings. The fraction of sp³-hybridized carbons (Fsp3) is 0.455. The first-order valence-electron chi connectivity index (χ1n) is 11.0. The maximum Gasteiger partial charge on any atom is 0.177 e. The summed E-state index contributed by atoms with van der Waals surface area (Å²) in [7, 11) is 1.83. The minimum Gasteiger partial charge on any atom is -0.390 e. The molecule has 2 bridgehead atoms. The van der Waals surface area contributed by atoms with E-state index in [4.69, 9.17) is 27.3 Å². The fourth-order valence-corrected chi connectivity index (χ4v) is 5.87. The molecule has 2 fully saturated rings. The van der Waals surface area contributed by atoms with Gasteiger partial charge in [-0.1, -0.05) is 17.7 Å². The van der Waals surface area contributed by atoms with Gasteiger partial charge in [-0.2, -0.15) is 10.2 Å². The van der Waals surface area contributed by atoms with Crippen molar-refractivity contribution in [3.63, 3.8) is 0 Å². The molecule has 1 aromatic carbocycles. The molecule has 0 spiro atoms. The minimum atomic E-state index is -0.183. The van der Waals surface area contributed by atoms with Gasteiger partial charge in [0.15, 0.2) is 11.5 Å². The van der Waals surface area contributed by atoms with Gasteiger partial charge in [0.1, 0.15) is 22.1 Å². The Labute approximate surface area is 189 Å². The van der Waals surface area contributed by atoms with Crippen LogP contribution in [-0.4, -0.2) is 53.2 Å². The topological polar surface area (TPSA) is 122 Å². The van der Waals surface area contributed by atoms with Crippen LogP contribution in [0.4, 0.5) is 5.82 Å². The van der Waals surface area contributed by atoms with E-state index in [0.29, 0.717) is 39.8 Å². The minimum absolute atomic E-state index is 0.183. The molecular weight excluding hydrogens is 428 g/mol. The number of benzene rings is 1. The van der Waals surface area contributed by atoms with Crippen molar-refractivity contribution in [2.45, 2.75) is 57.3 Å². The van der Waals surface area contributed by atoms with Crippen LogP contribution < -0.4 is 10.6 Å². The highest BCUT2D eigenvalue weighted by atomic mass is 35.5. The van der Waals surface area contributed by atoms with E-state index in [2.05, 4.69) is 20.2 Å². The zero-order valence-electron chi connectivity index (χ0n) is 18.0. The zero-order valence-corrected chi connectivity index (χ0v) is 18.8. The lowest BCUT2D eigenvalue weighted by atomic mass is 9.98. The lowest BCUT2D eigenvalue weighted by Crippen LogP contribution is -2.48. The van der Waals surface area contributed by atoms with E-state index in [0.717, 1.165) is 53.5 Å². The van der Waals surface area contributed by atoms with Crippen molar-refractivity contribution < 1.29 is 5.11 Å². The third-order valence-electron chi connectivity index (χ3n) is 7.05. The zero-order chi connectivity index (χ0) is 22.1. The molecule has 4 N–H and O–H groups in total. The van der Waals surface area contributed by atoms with Crippen molar-refractivity contribution >= 4 is 39.5 Å². The molecule has 0 saturated carbocycles. The number of aromatic nitrogens is 6. The van der Waals surface area contributed by atoms with Crippen molar-refractivity contribution in [1.82, 2.24) is 29.9 Å². The number of piperidine rings is 1. The Balaban J connectivity index is 1.50. The van der Waals surface area contributed by atoms with Gasteiger partial charge in [0.2, 0.25) is 0 Å². The first kappa shape index (κ1) is 19.9. The van der Waals surface area contributed by atoms with Crippen molar-refractivity contribution in [2.24, 2.45) is 12.8 Å². The average molecular weight is 453 g/mol. The van der Waals surface area contributed by atoms with E-state index < -0.39 is 0 Å². The molecule has 0 radical (unpaired) electrons. The summed E-state index contributed by atoms with van der Waals surface area (Å²) in [6, 6.07) is 4.85. The molecular formula is C22H25ClN8O. The monoisotopic (exact) mass is 452 g/mol. The van der Waals surface area contributed by atoms with Gasteiger partial charge in [-0.3, -0.25) is 9.78 Å². The second-order valence-electron chi connectivity index (χ2n) is 8.99. The number of anilines is 1. The normalized spacial score (nSPS) is 23.0. The molecule has 2 aliphatic heterocycles. The molecule has 0 amide bonds. The number of hydrogen-bond donors (Lipinski definition) is 3. The van der Waals surface area contributed by atoms with Gasteiger partial charge >= 0.3 is 0 Å². The first-order valence-corrected chi connectivity index (χ1v) is 11.4. The molecule has 2 aliphatic rings. The summed E-state index contributed by atoms with van der Waals surface area (Å²) in [6.07, 6.45) is 4.09. The van der Waals surface area contributed by atoms with Crippen molar-refractivity contribution in [1.29, 1.82) is 0 Å². The molecule has 32 heavy (non-hydrogen) atoms. The number of nitrogens with two attached hydrogens (primary N) is 1. The number of aryl methyl sites for hydroxylation is 2. The molecule has 6 rings (SSSR count). The average Bonchev–Trinajstić information content (AvgIpc) is 3.39. The summed E-state index contributed by atoms with van der Waals surface area (Å²) >= 11 is 6.49. The van der Waals surface area contributed by atoms with Crippen LogP contribution in [0.25, 0.3) is 33.3 Å². The van der Waals surface area contributed by atoms with Gasteiger partial charge in [0.25, 0.3) is 0 Å². The van der Waals surface area contributed by atoms with E-state index in [9.17, 15) is 5.11 Å². The Morgan fingerprint density at radius 1 is 1.22 bits per heavy atom. The maximum atomic E-state index is 10.2. The summed E-state index contributed by atoms with van der Waals surface area (Å²) in [6.45, 7) is 1.83. The summed E-state index contributed by atoms with van der Waals surface area (Å²) < 4.78 is 1.67. The van der Waals surface area contributed by atoms with Crippen molar-refractivity contribution in [2.75, 3.05) is 4.90 Å². The lowest BCUT2D eigenvalue weighted by molar-refractivity contribution is 0.276. The van der Waals surface area contributed by atoms with E-state index >= 15 is 0 Å². The highest BCUT2D eigenvalue weighted by Gasteiger charge is 2.41. The summed E-state index contributed by atoms with van der Waals surface area (Å²) in [4.78, 5) is 12.1. The number of halogens is 1. The van der Waals surface area contributed by atoms with Crippen LogP contribution in [0.5, 0.6) is 0 Å². The molecule has 0 unspecified atom stereocenters. The molecule has 10 heteroatoms. The van der Waals surface area contributed by atoms with E-state index in [1.54, 1.807) is 4.68 Å². The predicted octanol–water partition coefficient (Wildman–Crippen LogP) is 2.82. The predicted molar refractivity (Wildman–Crippen MR) is 124 cm³/mol. The van der Waals surface area contributed by atoms with E-state index in [1.165, 1.54) is 0 Å². The second-order valence-corrected chi connectivity index (χ2v) is 9.35. The van der Waals surface area contributed by atoms with Crippen molar-refractivity contribution in [3.8, 4) is 11.3 Å². The molecule has 5 heterocycles. The third-order valence-corrected chi connectivity index (χ3v) is 7.49. The van der Waals surface area contributed by atoms with E-state index in [-0.39, 0.29) is 12.6 Å². The number of hydrogen-bond acceptors (Lipinski definition) is 7. The van der Waals surface area contributed by atoms with Crippen LogP contribution in [0.1, 0.15) is 36.9 Å². The second kappa shape index (κ2) is 7.13. The third kappa shape index (κ3) is 2.78.